The second-order valence-electron chi connectivity index (χ2n) is 3.09. The lowest BCUT2D eigenvalue weighted by Gasteiger charge is -2.16. The Balaban J connectivity index is 3.71. The van der Waals surface area contributed by atoms with Crippen molar-refractivity contribution in [1.29, 1.82) is 0 Å². The van der Waals surface area contributed by atoms with Gasteiger partial charge in [0.1, 0.15) is 10.5 Å². The van der Waals surface area contributed by atoms with E-state index in [0.717, 1.165) is 17.1 Å². The predicted molar refractivity (Wildman–Crippen MR) is 49.0 cm³/mol. The normalized spacial score (nSPS) is 14.0. The SMILES string of the molecule is C=C(C(C)C)C(C)CO[SiH3]. The van der Waals surface area contributed by atoms with Gasteiger partial charge in [-0.25, -0.2) is 0 Å². The Morgan fingerprint density at radius 2 is 2.00 bits per heavy atom. The molecule has 0 heterocycles. The molecule has 0 radical (unpaired) electrons. The summed E-state index contributed by atoms with van der Waals surface area (Å²) in [4.78, 5) is 0. The molecule has 0 N–H and O–H groups in total. The van der Waals surface area contributed by atoms with Crippen molar-refractivity contribution >= 4 is 10.5 Å². The summed E-state index contributed by atoms with van der Waals surface area (Å²) in [6, 6.07) is 0. The zero-order valence-electron chi connectivity index (χ0n) is 7.48. The molecular weight excluding hydrogens is 140 g/mol. The van der Waals surface area contributed by atoms with Crippen LogP contribution in [0.5, 0.6) is 0 Å². The van der Waals surface area contributed by atoms with Crippen LogP contribution < -0.4 is 0 Å². The molecule has 0 bridgehead atoms. The molecule has 2 heteroatoms. The van der Waals surface area contributed by atoms with Gasteiger partial charge in [0, 0.05) is 6.61 Å². The first-order valence-electron chi connectivity index (χ1n) is 3.77. The van der Waals surface area contributed by atoms with Gasteiger partial charge in [-0.3, -0.25) is 0 Å². The van der Waals surface area contributed by atoms with Crippen molar-refractivity contribution < 1.29 is 4.43 Å². The van der Waals surface area contributed by atoms with Gasteiger partial charge in [0.25, 0.3) is 0 Å². The highest BCUT2D eigenvalue weighted by Crippen LogP contribution is 2.16. The zero-order valence-corrected chi connectivity index (χ0v) is 9.48. The third-order valence-corrected chi connectivity index (χ3v) is 2.12. The van der Waals surface area contributed by atoms with Crippen LogP contribution in [0.3, 0.4) is 0 Å². The van der Waals surface area contributed by atoms with E-state index in [1.165, 1.54) is 5.57 Å². The quantitative estimate of drug-likeness (QED) is 0.440. The molecule has 0 saturated heterocycles. The van der Waals surface area contributed by atoms with Gasteiger partial charge >= 0.3 is 0 Å². The summed E-state index contributed by atoms with van der Waals surface area (Å²) in [5.41, 5.74) is 1.30. The highest BCUT2D eigenvalue weighted by atomic mass is 28.2. The maximum absolute atomic E-state index is 5.15. The fourth-order valence-electron chi connectivity index (χ4n) is 0.926. The van der Waals surface area contributed by atoms with Crippen molar-refractivity contribution in [3.05, 3.63) is 12.2 Å². The topological polar surface area (TPSA) is 9.23 Å². The maximum Gasteiger partial charge on any atom is 0.145 e. The second-order valence-corrected chi connectivity index (χ2v) is 3.66. The van der Waals surface area contributed by atoms with E-state index in [1.807, 2.05) is 0 Å². The van der Waals surface area contributed by atoms with E-state index in [4.69, 9.17) is 4.43 Å². The van der Waals surface area contributed by atoms with E-state index in [-0.39, 0.29) is 0 Å². The van der Waals surface area contributed by atoms with Crippen LogP contribution in [0, 0.1) is 11.8 Å². The van der Waals surface area contributed by atoms with Gasteiger partial charge in [-0.15, -0.1) is 0 Å². The molecule has 1 nitrogen and oxygen atoms in total. The second kappa shape index (κ2) is 4.69. The molecule has 0 spiro atoms. The third-order valence-electron chi connectivity index (χ3n) is 1.79. The lowest BCUT2D eigenvalue weighted by Crippen LogP contribution is -2.10. The van der Waals surface area contributed by atoms with Gasteiger partial charge in [-0.1, -0.05) is 32.9 Å². The lowest BCUT2D eigenvalue weighted by atomic mass is 9.94. The van der Waals surface area contributed by atoms with Crippen molar-refractivity contribution in [3.63, 3.8) is 0 Å². The van der Waals surface area contributed by atoms with Crippen molar-refractivity contribution in [2.24, 2.45) is 11.8 Å². The van der Waals surface area contributed by atoms with Gasteiger partial charge in [-0.2, -0.15) is 0 Å². The summed E-state index contributed by atoms with van der Waals surface area (Å²) in [5, 5.41) is 0. The van der Waals surface area contributed by atoms with Gasteiger partial charge in [0.15, 0.2) is 0 Å². The monoisotopic (exact) mass is 158 g/mol. The van der Waals surface area contributed by atoms with Gasteiger partial charge in [-0.05, 0) is 11.8 Å². The van der Waals surface area contributed by atoms with E-state index in [1.54, 1.807) is 0 Å². The zero-order chi connectivity index (χ0) is 8.15. The fourth-order valence-corrected chi connectivity index (χ4v) is 1.43. The van der Waals surface area contributed by atoms with Crippen molar-refractivity contribution in [2.75, 3.05) is 6.61 Å². The maximum atomic E-state index is 5.15. The Labute approximate surface area is 67.0 Å². The summed E-state index contributed by atoms with van der Waals surface area (Å²) < 4.78 is 5.15. The minimum atomic E-state index is 0.525. The minimum absolute atomic E-state index is 0.525. The smallest absolute Gasteiger partial charge is 0.145 e. The fraction of sp³-hybridized carbons (Fsp3) is 0.750. The molecule has 0 rings (SSSR count). The average Bonchev–Trinajstić information content (AvgIpc) is 1.87. The molecule has 0 aliphatic heterocycles. The van der Waals surface area contributed by atoms with E-state index in [9.17, 15) is 0 Å². The molecule has 0 saturated carbocycles. The first kappa shape index (κ1) is 9.92. The Morgan fingerprint density at radius 3 is 2.30 bits per heavy atom. The molecule has 0 amide bonds. The molecule has 0 aromatic heterocycles. The van der Waals surface area contributed by atoms with Crippen LogP contribution in [0.1, 0.15) is 20.8 Å². The number of rotatable bonds is 4. The summed E-state index contributed by atoms with van der Waals surface area (Å²) in [7, 11) is 0.837. The third kappa shape index (κ3) is 3.18. The standard InChI is InChI=1S/C8H18OSi/c1-6(2)8(4)7(3)5-9-10/h6-7H,4-5H2,1-3,10H3. The van der Waals surface area contributed by atoms with Crippen LogP contribution in [0.2, 0.25) is 0 Å². The van der Waals surface area contributed by atoms with E-state index >= 15 is 0 Å². The highest BCUT2D eigenvalue weighted by molar-refractivity contribution is 5.97. The molecule has 1 atom stereocenters. The molecule has 0 aromatic carbocycles. The summed E-state index contributed by atoms with van der Waals surface area (Å²) in [6.07, 6.45) is 0. The molecule has 0 fully saturated rings. The van der Waals surface area contributed by atoms with Crippen molar-refractivity contribution in [1.82, 2.24) is 0 Å². The Morgan fingerprint density at radius 1 is 1.50 bits per heavy atom. The highest BCUT2D eigenvalue weighted by Gasteiger charge is 2.08. The number of hydrogen-bond acceptors (Lipinski definition) is 1. The summed E-state index contributed by atoms with van der Waals surface area (Å²) in [6.45, 7) is 11.4. The Hall–Kier alpha value is -0.0831. The molecule has 0 aliphatic carbocycles. The van der Waals surface area contributed by atoms with Crippen LogP contribution in [-0.2, 0) is 4.43 Å². The molecule has 0 aromatic rings. The minimum Gasteiger partial charge on any atom is -0.427 e. The Bertz CT molecular complexity index is 110. The van der Waals surface area contributed by atoms with E-state index in [0.29, 0.717) is 11.8 Å². The van der Waals surface area contributed by atoms with Gasteiger partial charge in [0.2, 0.25) is 0 Å². The van der Waals surface area contributed by atoms with E-state index < -0.39 is 0 Å². The number of hydrogen-bond donors (Lipinski definition) is 0. The largest absolute Gasteiger partial charge is 0.427 e. The van der Waals surface area contributed by atoms with Crippen LogP contribution in [0.4, 0.5) is 0 Å². The van der Waals surface area contributed by atoms with Crippen LogP contribution in [0.25, 0.3) is 0 Å². The molecule has 0 aliphatic rings. The van der Waals surface area contributed by atoms with Crippen molar-refractivity contribution in [3.8, 4) is 0 Å². The Kier molecular flexibility index (Phi) is 4.65. The average molecular weight is 158 g/mol. The molecule has 1 unspecified atom stereocenters. The lowest BCUT2D eigenvalue weighted by molar-refractivity contribution is 0.296. The first-order chi connectivity index (χ1) is 4.59. The molecule has 60 valence electrons. The van der Waals surface area contributed by atoms with Gasteiger partial charge < -0.3 is 4.43 Å². The molecule has 10 heavy (non-hydrogen) atoms. The van der Waals surface area contributed by atoms with E-state index in [2.05, 4.69) is 27.4 Å². The summed E-state index contributed by atoms with van der Waals surface area (Å²) >= 11 is 0. The predicted octanol–water partition coefficient (Wildman–Crippen LogP) is 1.13. The van der Waals surface area contributed by atoms with Crippen LogP contribution in [-0.4, -0.2) is 17.1 Å². The van der Waals surface area contributed by atoms with Crippen molar-refractivity contribution in [2.45, 2.75) is 20.8 Å². The van der Waals surface area contributed by atoms with Gasteiger partial charge in [0.05, 0.1) is 0 Å². The summed E-state index contributed by atoms with van der Waals surface area (Å²) in [5.74, 6) is 1.12. The van der Waals surface area contributed by atoms with Crippen LogP contribution in [0.15, 0.2) is 12.2 Å². The molecular formula is C8H18OSi. The first-order valence-corrected chi connectivity index (χ1v) is 4.58. The van der Waals surface area contributed by atoms with Crippen LogP contribution >= 0.6 is 0 Å².